The van der Waals surface area contributed by atoms with Crippen molar-refractivity contribution in [1.29, 1.82) is 0 Å². The summed E-state index contributed by atoms with van der Waals surface area (Å²) in [5.41, 5.74) is 2.36. The molecular formula is C14H15NOS2. The van der Waals surface area contributed by atoms with Gasteiger partial charge >= 0.3 is 0 Å². The van der Waals surface area contributed by atoms with Crippen LogP contribution in [0.25, 0.3) is 0 Å². The molecule has 4 heteroatoms. The zero-order valence-electron chi connectivity index (χ0n) is 10.2. The molecule has 0 spiro atoms. The van der Waals surface area contributed by atoms with Gasteiger partial charge in [0.25, 0.3) is 0 Å². The van der Waals surface area contributed by atoms with Crippen LogP contribution in [0, 0.1) is 6.92 Å². The molecule has 2 aromatic rings. The highest BCUT2D eigenvalue weighted by molar-refractivity contribution is 8.76. The van der Waals surface area contributed by atoms with Crippen molar-refractivity contribution in [2.24, 2.45) is 0 Å². The third kappa shape index (κ3) is 3.77. The zero-order valence-corrected chi connectivity index (χ0v) is 11.8. The average Bonchev–Trinajstić information content (AvgIpc) is 2.40. The Labute approximate surface area is 115 Å². The number of aromatic nitrogens is 1. The van der Waals surface area contributed by atoms with Crippen LogP contribution in [-0.4, -0.2) is 16.7 Å². The van der Waals surface area contributed by atoms with E-state index in [0.29, 0.717) is 6.42 Å². The van der Waals surface area contributed by atoms with Gasteiger partial charge in [-0.3, -0.25) is 0 Å². The van der Waals surface area contributed by atoms with Crippen LogP contribution in [0.1, 0.15) is 11.1 Å². The van der Waals surface area contributed by atoms with Crippen LogP contribution < -0.4 is 0 Å². The Hall–Kier alpha value is -0.970. The molecule has 0 saturated heterocycles. The van der Waals surface area contributed by atoms with Crippen LogP contribution in [0.3, 0.4) is 0 Å². The summed E-state index contributed by atoms with van der Waals surface area (Å²) >= 11 is 0. The van der Waals surface area contributed by atoms with Gasteiger partial charge in [0.15, 0.2) is 0 Å². The number of aryl methyl sites for hydroxylation is 1. The second-order valence-corrected chi connectivity index (χ2v) is 6.11. The van der Waals surface area contributed by atoms with Crippen LogP contribution in [0.15, 0.2) is 52.5 Å². The summed E-state index contributed by atoms with van der Waals surface area (Å²) in [7, 11) is 3.34. The monoisotopic (exact) mass is 277 g/mol. The van der Waals surface area contributed by atoms with Crippen molar-refractivity contribution < 1.29 is 5.11 Å². The molecule has 0 unspecified atom stereocenters. The number of hydrogen-bond donors (Lipinski definition) is 1. The van der Waals surface area contributed by atoms with E-state index in [9.17, 15) is 0 Å². The second kappa shape index (κ2) is 6.83. The SMILES string of the molecule is Cc1ccc(SSc2ccccc2CCO)nc1. The Bertz CT molecular complexity index is 499. The fraction of sp³-hybridized carbons (Fsp3) is 0.214. The number of rotatable bonds is 5. The minimum absolute atomic E-state index is 0.186. The molecule has 0 aliphatic rings. The number of pyridine rings is 1. The van der Waals surface area contributed by atoms with E-state index in [4.69, 9.17) is 5.11 Å². The molecular weight excluding hydrogens is 262 g/mol. The minimum atomic E-state index is 0.186. The van der Waals surface area contributed by atoms with E-state index in [1.807, 2.05) is 31.3 Å². The van der Waals surface area contributed by atoms with Crippen molar-refractivity contribution >= 4 is 21.6 Å². The second-order valence-electron chi connectivity index (χ2n) is 3.92. The summed E-state index contributed by atoms with van der Waals surface area (Å²) in [4.78, 5) is 5.56. The summed E-state index contributed by atoms with van der Waals surface area (Å²) in [6, 6.07) is 12.3. The van der Waals surface area contributed by atoms with Gasteiger partial charge in [0.05, 0.1) is 0 Å². The highest BCUT2D eigenvalue weighted by atomic mass is 33.1. The molecule has 18 heavy (non-hydrogen) atoms. The quantitative estimate of drug-likeness (QED) is 0.844. The van der Waals surface area contributed by atoms with Crippen molar-refractivity contribution in [3.8, 4) is 0 Å². The van der Waals surface area contributed by atoms with Gasteiger partial charge in [-0.2, -0.15) is 0 Å². The Morgan fingerprint density at radius 1 is 1.11 bits per heavy atom. The number of hydrogen-bond acceptors (Lipinski definition) is 4. The van der Waals surface area contributed by atoms with Crippen molar-refractivity contribution in [2.75, 3.05) is 6.61 Å². The third-order valence-electron chi connectivity index (χ3n) is 2.45. The number of aliphatic hydroxyl groups excluding tert-OH is 1. The summed E-state index contributed by atoms with van der Waals surface area (Å²) in [6.45, 7) is 2.22. The molecule has 0 aliphatic carbocycles. The normalized spacial score (nSPS) is 10.6. The van der Waals surface area contributed by atoms with Crippen molar-refractivity contribution in [1.82, 2.24) is 4.98 Å². The lowest BCUT2D eigenvalue weighted by atomic mass is 10.2. The molecule has 2 rings (SSSR count). The average molecular weight is 277 g/mol. The molecule has 1 heterocycles. The molecule has 0 atom stereocenters. The van der Waals surface area contributed by atoms with Gasteiger partial charge < -0.3 is 5.11 Å². The smallest absolute Gasteiger partial charge is 0.107 e. The van der Waals surface area contributed by atoms with E-state index in [2.05, 4.69) is 23.2 Å². The fourth-order valence-electron chi connectivity index (χ4n) is 1.50. The molecule has 0 bridgehead atoms. The third-order valence-corrected chi connectivity index (χ3v) is 4.83. The first kappa shape index (κ1) is 13.5. The summed E-state index contributed by atoms with van der Waals surface area (Å²) in [5, 5.41) is 10.0. The van der Waals surface area contributed by atoms with Gasteiger partial charge in [0, 0.05) is 17.7 Å². The van der Waals surface area contributed by atoms with Crippen LogP contribution in [0.4, 0.5) is 0 Å². The van der Waals surface area contributed by atoms with E-state index >= 15 is 0 Å². The van der Waals surface area contributed by atoms with Crippen LogP contribution >= 0.6 is 21.6 Å². The predicted octanol–water partition coefficient (Wildman–Crippen LogP) is 3.72. The molecule has 1 aromatic carbocycles. The Kier molecular flexibility index (Phi) is 5.11. The Balaban J connectivity index is 2.03. The Morgan fingerprint density at radius 2 is 1.94 bits per heavy atom. The molecule has 0 radical (unpaired) electrons. The molecule has 0 saturated carbocycles. The highest BCUT2D eigenvalue weighted by Gasteiger charge is 2.04. The first-order chi connectivity index (χ1) is 8.79. The lowest BCUT2D eigenvalue weighted by Gasteiger charge is -2.06. The molecule has 0 amide bonds. The van der Waals surface area contributed by atoms with E-state index in [0.717, 1.165) is 5.03 Å². The molecule has 0 fully saturated rings. The molecule has 2 nitrogen and oxygen atoms in total. The first-order valence-electron chi connectivity index (χ1n) is 5.75. The lowest BCUT2D eigenvalue weighted by Crippen LogP contribution is -1.92. The summed E-state index contributed by atoms with van der Waals surface area (Å²) in [5.74, 6) is 0. The largest absolute Gasteiger partial charge is 0.396 e. The topological polar surface area (TPSA) is 33.1 Å². The van der Waals surface area contributed by atoms with Crippen LogP contribution in [0.5, 0.6) is 0 Å². The van der Waals surface area contributed by atoms with E-state index in [-0.39, 0.29) is 6.61 Å². The fourth-order valence-corrected chi connectivity index (χ4v) is 3.62. The lowest BCUT2D eigenvalue weighted by molar-refractivity contribution is 0.299. The van der Waals surface area contributed by atoms with Gasteiger partial charge in [-0.15, -0.1) is 0 Å². The number of benzene rings is 1. The Morgan fingerprint density at radius 3 is 2.67 bits per heavy atom. The highest BCUT2D eigenvalue weighted by Crippen LogP contribution is 2.38. The zero-order chi connectivity index (χ0) is 12.8. The van der Waals surface area contributed by atoms with Crippen molar-refractivity contribution in [3.05, 3.63) is 53.7 Å². The maximum Gasteiger partial charge on any atom is 0.107 e. The van der Waals surface area contributed by atoms with Gasteiger partial charge in [-0.05, 0) is 47.4 Å². The van der Waals surface area contributed by atoms with Crippen molar-refractivity contribution in [2.45, 2.75) is 23.3 Å². The molecule has 0 aliphatic heterocycles. The standard InChI is InChI=1S/C14H15NOS2/c1-11-6-7-14(15-10-11)18-17-13-5-3-2-4-12(13)8-9-16/h2-7,10,16H,8-9H2,1H3. The molecule has 1 aromatic heterocycles. The first-order valence-corrected chi connectivity index (χ1v) is 7.90. The maximum atomic E-state index is 9.03. The minimum Gasteiger partial charge on any atom is -0.396 e. The number of aliphatic hydroxyl groups is 1. The summed E-state index contributed by atoms with van der Waals surface area (Å²) < 4.78 is 0. The van der Waals surface area contributed by atoms with E-state index in [1.165, 1.54) is 16.0 Å². The van der Waals surface area contributed by atoms with Gasteiger partial charge in [-0.25, -0.2) is 4.98 Å². The van der Waals surface area contributed by atoms with Gasteiger partial charge in [-0.1, -0.05) is 35.1 Å². The number of nitrogens with zero attached hydrogens (tertiary/aromatic N) is 1. The van der Waals surface area contributed by atoms with Crippen molar-refractivity contribution in [3.63, 3.8) is 0 Å². The van der Waals surface area contributed by atoms with Crippen LogP contribution in [0.2, 0.25) is 0 Å². The summed E-state index contributed by atoms with van der Waals surface area (Å²) in [6.07, 6.45) is 2.58. The van der Waals surface area contributed by atoms with Crippen LogP contribution in [-0.2, 0) is 6.42 Å². The van der Waals surface area contributed by atoms with Gasteiger partial charge in [0.2, 0.25) is 0 Å². The van der Waals surface area contributed by atoms with Gasteiger partial charge in [0.1, 0.15) is 5.03 Å². The molecule has 94 valence electrons. The van der Waals surface area contributed by atoms with E-state index < -0.39 is 0 Å². The molecule has 1 N–H and O–H groups in total. The van der Waals surface area contributed by atoms with E-state index in [1.54, 1.807) is 21.6 Å². The maximum absolute atomic E-state index is 9.03. The predicted molar refractivity (Wildman–Crippen MR) is 77.9 cm³/mol.